The maximum absolute atomic E-state index is 14.0. The fourth-order valence-electron chi connectivity index (χ4n) is 2.21. The van der Waals surface area contributed by atoms with Crippen LogP contribution in [-0.4, -0.2) is 25.0 Å². The number of esters is 1. The Bertz CT molecular complexity index is 719. The molecule has 4 nitrogen and oxygen atoms in total. The molecule has 0 radical (unpaired) electrons. The smallest absolute Gasteiger partial charge is 0.326 e. The molecule has 0 aliphatic heterocycles. The van der Waals surface area contributed by atoms with Crippen LogP contribution in [0.5, 0.6) is 0 Å². The van der Waals surface area contributed by atoms with Crippen LogP contribution in [0.1, 0.15) is 12.5 Å². The van der Waals surface area contributed by atoms with Crippen LogP contribution in [0.2, 0.25) is 0 Å². The van der Waals surface area contributed by atoms with Crippen LogP contribution in [0.4, 0.5) is 14.5 Å². The standard InChI is InChI=1S/C18H17F2NO3/c1-2-24-18(23)12-21(16-9-8-14(19)11-15(16)20)17(22)10-13-6-4-3-5-7-13/h3-9,11H,2,10,12H2,1H3. The third-order valence-electron chi connectivity index (χ3n) is 3.29. The van der Waals surface area contributed by atoms with Gasteiger partial charge in [0.05, 0.1) is 18.7 Å². The zero-order valence-corrected chi connectivity index (χ0v) is 13.2. The van der Waals surface area contributed by atoms with E-state index in [9.17, 15) is 18.4 Å². The van der Waals surface area contributed by atoms with Gasteiger partial charge in [0.15, 0.2) is 0 Å². The highest BCUT2D eigenvalue weighted by Crippen LogP contribution is 2.21. The van der Waals surface area contributed by atoms with Crippen molar-refractivity contribution in [2.75, 3.05) is 18.1 Å². The lowest BCUT2D eigenvalue weighted by atomic mass is 10.1. The summed E-state index contributed by atoms with van der Waals surface area (Å²) in [7, 11) is 0. The Kier molecular flexibility index (Phi) is 6.01. The molecular weight excluding hydrogens is 316 g/mol. The summed E-state index contributed by atoms with van der Waals surface area (Å²) < 4.78 is 32.0. The molecule has 0 aromatic heterocycles. The van der Waals surface area contributed by atoms with Crippen molar-refractivity contribution in [1.82, 2.24) is 0 Å². The van der Waals surface area contributed by atoms with E-state index in [2.05, 4.69) is 0 Å². The van der Waals surface area contributed by atoms with Gasteiger partial charge in [-0.05, 0) is 24.6 Å². The molecule has 2 aromatic carbocycles. The predicted octanol–water partition coefficient (Wildman–Crippen LogP) is 3.10. The molecule has 2 rings (SSSR count). The van der Waals surface area contributed by atoms with E-state index < -0.39 is 30.1 Å². The molecule has 0 saturated carbocycles. The van der Waals surface area contributed by atoms with Gasteiger partial charge >= 0.3 is 5.97 Å². The SMILES string of the molecule is CCOC(=O)CN(C(=O)Cc1ccccc1)c1ccc(F)cc1F. The van der Waals surface area contributed by atoms with Crippen LogP contribution in [0.25, 0.3) is 0 Å². The Balaban J connectivity index is 2.27. The van der Waals surface area contributed by atoms with E-state index in [1.807, 2.05) is 6.07 Å². The second kappa shape index (κ2) is 8.19. The Hall–Kier alpha value is -2.76. The van der Waals surface area contributed by atoms with Crippen LogP contribution in [-0.2, 0) is 20.7 Å². The number of nitrogens with zero attached hydrogens (tertiary/aromatic N) is 1. The summed E-state index contributed by atoms with van der Waals surface area (Å²) in [4.78, 5) is 25.3. The molecule has 126 valence electrons. The summed E-state index contributed by atoms with van der Waals surface area (Å²) in [5.74, 6) is -2.83. The first-order valence-corrected chi connectivity index (χ1v) is 7.46. The van der Waals surface area contributed by atoms with Gasteiger partial charge in [0.1, 0.15) is 18.2 Å². The molecule has 6 heteroatoms. The molecule has 0 heterocycles. The van der Waals surface area contributed by atoms with E-state index in [1.165, 1.54) is 0 Å². The first-order valence-electron chi connectivity index (χ1n) is 7.46. The highest BCUT2D eigenvalue weighted by Gasteiger charge is 2.23. The molecule has 0 atom stereocenters. The van der Waals surface area contributed by atoms with Gasteiger partial charge in [-0.2, -0.15) is 0 Å². The summed E-state index contributed by atoms with van der Waals surface area (Å²) >= 11 is 0. The average Bonchev–Trinajstić information content (AvgIpc) is 2.54. The van der Waals surface area contributed by atoms with E-state index in [0.29, 0.717) is 6.07 Å². The summed E-state index contributed by atoms with van der Waals surface area (Å²) in [5, 5.41) is 0. The lowest BCUT2D eigenvalue weighted by molar-refractivity contribution is -0.142. The fourth-order valence-corrected chi connectivity index (χ4v) is 2.21. The molecule has 0 N–H and O–H groups in total. The number of halogens is 2. The number of benzene rings is 2. The second-order valence-corrected chi connectivity index (χ2v) is 5.04. The summed E-state index contributed by atoms with van der Waals surface area (Å²) in [5.41, 5.74) is 0.560. The molecule has 0 saturated heterocycles. The van der Waals surface area contributed by atoms with E-state index in [1.54, 1.807) is 31.2 Å². The van der Waals surface area contributed by atoms with Crippen LogP contribution in [0.3, 0.4) is 0 Å². The van der Waals surface area contributed by atoms with Gasteiger partial charge in [-0.1, -0.05) is 30.3 Å². The first-order chi connectivity index (χ1) is 11.5. The fraction of sp³-hybridized carbons (Fsp3) is 0.222. The number of amides is 1. The quantitative estimate of drug-likeness (QED) is 0.763. The molecular formula is C18H17F2NO3. The first kappa shape index (κ1) is 17.6. The molecule has 0 unspecified atom stereocenters. The van der Waals surface area contributed by atoms with Crippen molar-refractivity contribution in [1.29, 1.82) is 0 Å². The summed E-state index contributed by atoms with van der Waals surface area (Å²) in [6.07, 6.45) is -0.0168. The maximum atomic E-state index is 14.0. The molecule has 0 fully saturated rings. The number of rotatable bonds is 6. The maximum Gasteiger partial charge on any atom is 0.326 e. The van der Waals surface area contributed by atoms with E-state index in [4.69, 9.17) is 4.74 Å². The topological polar surface area (TPSA) is 46.6 Å². The van der Waals surface area contributed by atoms with Crippen LogP contribution in [0.15, 0.2) is 48.5 Å². The highest BCUT2D eigenvalue weighted by atomic mass is 19.1. The van der Waals surface area contributed by atoms with E-state index in [0.717, 1.165) is 22.6 Å². The van der Waals surface area contributed by atoms with Crippen LogP contribution in [0, 0.1) is 11.6 Å². The van der Waals surface area contributed by atoms with Crippen molar-refractivity contribution in [3.8, 4) is 0 Å². The van der Waals surface area contributed by atoms with Gasteiger partial charge in [0.2, 0.25) is 5.91 Å². The second-order valence-electron chi connectivity index (χ2n) is 5.04. The predicted molar refractivity (Wildman–Crippen MR) is 85.5 cm³/mol. The number of ether oxygens (including phenoxy) is 1. The van der Waals surface area contributed by atoms with Crippen molar-refractivity contribution >= 4 is 17.6 Å². The van der Waals surface area contributed by atoms with Crippen LogP contribution < -0.4 is 4.90 Å². The largest absolute Gasteiger partial charge is 0.465 e. The van der Waals surface area contributed by atoms with Gasteiger partial charge in [-0.25, -0.2) is 8.78 Å². The van der Waals surface area contributed by atoms with Gasteiger partial charge in [-0.3, -0.25) is 14.5 Å². The summed E-state index contributed by atoms with van der Waals surface area (Å²) in [6.45, 7) is 1.33. The molecule has 0 aliphatic rings. The van der Waals surface area contributed by atoms with E-state index in [-0.39, 0.29) is 18.7 Å². The lowest BCUT2D eigenvalue weighted by Gasteiger charge is -2.22. The number of hydrogen-bond acceptors (Lipinski definition) is 3. The molecule has 0 aliphatic carbocycles. The third-order valence-corrected chi connectivity index (χ3v) is 3.29. The lowest BCUT2D eigenvalue weighted by Crippen LogP contribution is -2.38. The van der Waals surface area contributed by atoms with Gasteiger partial charge < -0.3 is 4.74 Å². The minimum Gasteiger partial charge on any atom is -0.465 e. The Morgan fingerprint density at radius 1 is 1.08 bits per heavy atom. The number of hydrogen-bond donors (Lipinski definition) is 0. The molecule has 24 heavy (non-hydrogen) atoms. The minimum atomic E-state index is -0.916. The van der Waals surface area contributed by atoms with Crippen molar-refractivity contribution in [2.24, 2.45) is 0 Å². The molecule has 1 amide bonds. The average molecular weight is 333 g/mol. The third kappa shape index (κ3) is 4.62. The monoisotopic (exact) mass is 333 g/mol. The number of anilines is 1. The Morgan fingerprint density at radius 2 is 1.79 bits per heavy atom. The van der Waals surface area contributed by atoms with E-state index >= 15 is 0 Å². The molecule has 2 aromatic rings. The minimum absolute atomic E-state index is 0.0168. The zero-order valence-electron chi connectivity index (χ0n) is 13.2. The number of carbonyl (C=O) groups is 2. The van der Waals surface area contributed by atoms with Crippen molar-refractivity contribution < 1.29 is 23.1 Å². The van der Waals surface area contributed by atoms with Gasteiger partial charge in [0.25, 0.3) is 0 Å². The van der Waals surface area contributed by atoms with Crippen molar-refractivity contribution in [2.45, 2.75) is 13.3 Å². The van der Waals surface area contributed by atoms with Gasteiger partial charge in [-0.15, -0.1) is 0 Å². The van der Waals surface area contributed by atoms with Crippen molar-refractivity contribution in [3.05, 3.63) is 65.7 Å². The Morgan fingerprint density at radius 3 is 2.42 bits per heavy atom. The molecule has 0 bridgehead atoms. The molecule has 0 spiro atoms. The van der Waals surface area contributed by atoms with Crippen LogP contribution >= 0.6 is 0 Å². The van der Waals surface area contributed by atoms with Gasteiger partial charge in [0, 0.05) is 6.07 Å². The number of carbonyl (C=O) groups excluding carboxylic acids is 2. The zero-order chi connectivity index (χ0) is 17.5. The normalized spacial score (nSPS) is 10.3. The van der Waals surface area contributed by atoms with Crippen molar-refractivity contribution in [3.63, 3.8) is 0 Å². The Labute approximate surface area is 138 Å². The highest BCUT2D eigenvalue weighted by molar-refractivity contribution is 5.98. The summed E-state index contributed by atoms with van der Waals surface area (Å²) in [6, 6.07) is 11.7.